The lowest BCUT2D eigenvalue weighted by atomic mass is 9.84. The van der Waals surface area contributed by atoms with Crippen molar-refractivity contribution in [3.8, 4) is 0 Å². The minimum absolute atomic E-state index is 0.107. The summed E-state index contributed by atoms with van der Waals surface area (Å²) in [5, 5.41) is 28.9. The van der Waals surface area contributed by atoms with Crippen LogP contribution >= 0.6 is 15.9 Å². The van der Waals surface area contributed by atoms with Gasteiger partial charge in [0.05, 0.1) is 30.9 Å². The number of benzene rings is 1. The van der Waals surface area contributed by atoms with E-state index in [4.69, 9.17) is 9.47 Å². The van der Waals surface area contributed by atoms with Crippen LogP contribution in [0, 0.1) is 5.41 Å². The summed E-state index contributed by atoms with van der Waals surface area (Å²) in [6.45, 7) is -0.381. The third-order valence-electron chi connectivity index (χ3n) is 5.79. The van der Waals surface area contributed by atoms with E-state index in [9.17, 15) is 20.1 Å². The molecule has 7 nitrogen and oxygen atoms in total. The van der Waals surface area contributed by atoms with Crippen LogP contribution in [0.25, 0.3) is 0 Å². The van der Waals surface area contributed by atoms with Crippen LogP contribution in [0.1, 0.15) is 37.7 Å². The monoisotopic (exact) mass is 439 g/mol. The number of fused-ring (bicyclic) bond motifs is 1. The van der Waals surface area contributed by atoms with Crippen LogP contribution < -0.4 is 0 Å². The maximum atomic E-state index is 12.1. The molecular weight excluding hydrogens is 418 g/mol. The van der Waals surface area contributed by atoms with Gasteiger partial charge in [0.1, 0.15) is 0 Å². The van der Waals surface area contributed by atoms with Crippen molar-refractivity contribution in [2.75, 3.05) is 6.61 Å². The molecular formula is C19H22BrNO6. The molecule has 3 N–H and O–H groups in total. The van der Waals surface area contributed by atoms with Crippen LogP contribution in [0.15, 0.2) is 27.7 Å². The fraction of sp³-hybridized carbons (Fsp3) is 0.579. The number of hydrogen-bond donors (Lipinski definition) is 3. The molecule has 2 aliphatic heterocycles. The highest BCUT2D eigenvalue weighted by atomic mass is 79.9. The second kappa shape index (κ2) is 6.84. The minimum Gasteiger partial charge on any atom is -0.476 e. The number of carboxylic acid groups (broad SMARTS) is 1. The molecule has 0 radical (unpaired) electrons. The van der Waals surface area contributed by atoms with E-state index >= 15 is 0 Å². The highest BCUT2D eigenvalue weighted by Gasteiger charge is 2.61. The third kappa shape index (κ3) is 3.51. The number of hydrogen-bond acceptors (Lipinski definition) is 6. The number of halogens is 1. The van der Waals surface area contributed by atoms with Crippen molar-refractivity contribution in [1.29, 1.82) is 0 Å². The van der Waals surface area contributed by atoms with Crippen molar-refractivity contribution in [3.05, 3.63) is 28.2 Å². The Labute approximate surface area is 165 Å². The van der Waals surface area contributed by atoms with Gasteiger partial charge in [0.15, 0.2) is 5.90 Å². The van der Waals surface area contributed by atoms with Gasteiger partial charge in [0.2, 0.25) is 0 Å². The lowest BCUT2D eigenvalue weighted by Crippen LogP contribution is -2.54. The zero-order valence-corrected chi connectivity index (χ0v) is 16.3. The lowest BCUT2D eigenvalue weighted by molar-refractivity contribution is -0.267. The first-order valence-electron chi connectivity index (χ1n) is 9.11. The molecule has 0 amide bonds. The number of ether oxygens (including phenoxy) is 2. The molecule has 1 aliphatic carbocycles. The maximum absolute atomic E-state index is 12.1. The normalized spacial score (nSPS) is 29.1. The molecule has 1 unspecified atom stereocenters. The van der Waals surface area contributed by atoms with Crippen molar-refractivity contribution in [3.63, 3.8) is 0 Å². The van der Waals surface area contributed by atoms with Crippen molar-refractivity contribution < 1.29 is 29.6 Å². The Hall–Kier alpha value is -1.48. The average molecular weight is 440 g/mol. The third-order valence-corrected chi connectivity index (χ3v) is 6.29. The Morgan fingerprint density at radius 2 is 2.11 bits per heavy atom. The second-order valence-corrected chi connectivity index (χ2v) is 8.57. The summed E-state index contributed by atoms with van der Waals surface area (Å²) < 4.78 is 12.8. The number of rotatable bonds is 5. The van der Waals surface area contributed by atoms with E-state index in [2.05, 4.69) is 20.9 Å². The molecule has 1 spiro atoms. The van der Waals surface area contributed by atoms with E-state index in [1.807, 2.05) is 18.2 Å². The van der Waals surface area contributed by atoms with Gasteiger partial charge in [-0.3, -0.25) is 0 Å². The van der Waals surface area contributed by atoms with Gasteiger partial charge < -0.3 is 24.8 Å². The smallest absolute Gasteiger partial charge is 0.377 e. The molecule has 1 aromatic rings. The molecule has 1 aromatic carbocycles. The van der Waals surface area contributed by atoms with Crippen molar-refractivity contribution in [1.82, 2.24) is 0 Å². The zero-order chi connectivity index (χ0) is 19.2. The molecule has 1 saturated heterocycles. The van der Waals surface area contributed by atoms with Gasteiger partial charge in [-0.15, -0.1) is 0 Å². The van der Waals surface area contributed by atoms with Crippen LogP contribution in [0.4, 0.5) is 5.69 Å². The van der Waals surface area contributed by atoms with Gasteiger partial charge in [0.25, 0.3) is 0 Å². The van der Waals surface area contributed by atoms with Crippen LogP contribution in [0.3, 0.4) is 0 Å². The van der Waals surface area contributed by atoms with E-state index in [0.717, 1.165) is 28.6 Å². The number of nitrogens with zero attached hydrogens (tertiary/aromatic N) is 1. The number of carbonyl (C=O) groups is 1. The molecule has 0 bridgehead atoms. The molecule has 2 heterocycles. The predicted molar refractivity (Wildman–Crippen MR) is 99.9 cm³/mol. The van der Waals surface area contributed by atoms with Crippen LogP contribution in [0.5, 0.6) is 0 Å². The van der Waals surface area contributed by atoms with Gasteiger partial charge in [0, 0.05) is 17.3 Å². The molecule has 1 saturated carbocycles. The number of aliphatic imine (C=N–C) groups is 1. The second-order valence-electron chi connectivity index (χ2n) is 7.66. The lowest BCUT2D eigenvalue weighted by Gasteiger charge is -2.43. The van der Waals surface area contributed by atoms with Crippen molar-refractivity contribution in [2.24, 2.45) is 10.4 Å². The van der Waals surface area contributed by atoms with E-state index < -0.39 is 24.0 Å². The topological polar surface area (TPSA) is 109 Å². The summed E-state index contributed by atoms with van der Waals surface area (Å²) in [6.07, 6.45) is 1.93. The number of aliphatic hydroxyl groups excluding tert-OH is 2. The van der Waals surface area contributed by atoms with Gasteiger partial charge in [-0.1, -0.05) is 15.9 Å². The van der Waals surface area contributed by atoms with E-state index in [1.54, 1.807) is 0 Å². The van der Waals surface area contributed by atoms with E-state index in [-0.39, 0.29) is 24.9 Å². The first-order chi connectivity index (χ1) is 12.9. The number of aliphatic hydroxyl groups is 2. The van der Waals surface area contributed by atoms with Gasteiger partial charge in [-0.25, -0.2) is 9.79 Å². The van der Waals surface area contributed by atoms with Crippen LogP contribution in [-0.2, 0) is 20.7 Å². The summed E-state index contributed by atoms with van der Waals surface area (Å²) in [4.78, 5) is 16.5. The molecule has 3 atom stereocenters. The van der Waals surface area contributed by atoms with Gasteiger partial charge in [-0.2, -0.15) is 0 Å². The summed E-state index contributed by atoms with van der Waals surface area (Å²) >= 11 is 3.42. The molecule has 8 heteroatoms. The molecule has 0 aromatic heterocycles. The van der Waals surface area contributed by atoms with E-state index in [0.29, 0.717) is 18.7 Å². The SMILES string of the molecule is O=C(O)[C@@]1(OC2=Nc3ccc(Br)cc3C2)CCC2(CC2)C(C[C@@H](O)CO)O1. The Kier molecular flexibility index (Phi) is 4.78. The largest absolute Gasteiger partial charge is 0.476 e. The van der Waals surface area contributed by atoms with Crippen LogP contribution in [0.2, 0.25) is 0 Å². The quantitative estimate of drug-likeness (QED) is 0.650. The predicted octanol–water partition coefficient (Wildman–Crippen LogP) is 2.54. The summed E-state index contributed by atoms with van der Waals surface area (Å²) in [6, 6.07) is 5.66. The first kappa shape index (κ1) is 18.9. The van der Waals surface area contributed by atoms with Gasteiger partial charge >= 0.3 is 11.8 Å². The highest BCUT2D eigenvalue weighted by molar-refractivity contribution is 9.10. The summed E-state index contributed by atoms with van der Waals surface area (Å²) in [5.41, 5.74) is 1.61. The zero-order valence-electron chi connectivity index (χ0n) is 14.7. The first-order valence-corrected chi connectivity index (χ1v) is 9.90. The standard InChI is InChI=1S/C19H22BrNO6/c20-12-1-2-14-11(7-12)8-16(21-14)27-19(17(24)25)6-5-18(3-4-18)15(26-19)9-13(23)10-22/h1-2,7,13,15,22-23H,3-6,8-10H2,(H,24,25)/t13-,15?,19+/m1/s1. The minimum atomic E-state index is -1.81. The maximum Gasteiger partial charge on any atom is 0.377 e. The molecule has 146 valence electrons. The summed E-state index contributed by atoms with van der Waals surface area (Å²) in [5.74, 6) is -2.69. The molecule has 4 rings (SSSR count). The van der Waals surface area contributed by atoms with Crippen molar-refractivity contribution in [2.45, 2.75) is 56.5 Å². The fourth-order valence-electron chi connectivity index (χ4n) is 4.01. The van der Waals surface area contributed by atoms with Gasteiger partial charge in [-0.05, 0) is 48.4 Å². The van der Waals surface area contributed by atoms with Crippen LogP contribution in [-0.4, -0.2) is 51.8 Å². The Balaban J connectivity index is 1.54. The Bertz CT molecular complexity index is 792. The highest BCUT2D eigenvalue weighted by Crippen LogP contribution is 2.59. The average Bonchev–Trinajstić information content (AvgIpc) is 3.30. The molecule has 2 fully saturated rings. The number of aliphatic carboxylic acids is 1. The van der Waals surface area contributed by atoms with E-state index in [1.165, 1.54) is 0 Å². The fourth-order valence-corrected chi connectivity index (χ4v) is 4.42. The number of carboxylic acids is 1. The Morgan fingerprint density at radius 1 is 1.37 bits per heavy atom. The van der Waals surface area contributed by atoms with Crippen molar-refractivity contribution >= 4 is 33.5 Å². The summed E-state index contributed by atoms with van der Waals surface area (Å²) in [7, 11) is 0. The molecule has 27 heavy (non-hydrogen) atoms. The molecule has 3 aliphatic rings. The Morgan fingerprint density at radius 3 is 2.78 bits per heavy atom.